The van der Waals surface area contributed by atoms with E-state index >= 15 is 0 Å². The highest BCUT2D eigenvalue weighted by Gasteiger charge is 2.40. The summed E-state index contributed by atoms with van der Waals surface area (Å²) in [5, 5.41) is 12.5. The van der Waals surface area contributed by atoms with Gasteiger partial charge >= 0.3 is 0 Å². The van der Waals surface area contributed by atoms with Crippen LogP contribution in [0, 0.1) is 22.7 Å². The number of carbonyl (C=O) groups is 1. The summed E-state index contributed by atoms with van der Waals surface area (Å²) >= 11 is 0. The second-order valence-corrected chi connectivity index (χ2v) is 8.30. The number of aromatic amines is 1. The summed E-state index contributed by atoms with van der Waals surface area (Å²) in [5.41, 5.74) is 2.63. The number of nitriles is 1. The molecule has 6 nitrogen and oxygen atoms in total. The quantitative estimate of drug-likeness (QED) is 0.779. The second-order valence-electron chi connectivity index (χ2n) is 8.30. The fraction of sp³-hybridized carbons (Fsp3) is 0.375. The fourth-order valence-electron chi connectivity index (χ4n) is 4.51. The molecule has 1 fully saturated rings. The topological polar surface area (TPSA) is 84.8 Å². The first kappa shape index (κ1) is 20.1. The maximum Gasteiger partial charge on any atom is 0.240 e. The predicted octanol–water partition coefficient (Wildman–Crippen LogP) is 2.96. The van der Waals surface area contributed by atoms with E-state index in [1.54, 1.807) is 12.5 Å². The highest BCUT2D eigenvalue weighted by molar-refractivity contribution is 5.82. The molecule has 4 rings (SSSR count). The number of aromatic nitrogens is 2. The highest BCUT2D eigenvalue weighted by atomic mass is 16.2. The number of H-pyrrole nitrogens is 1. The molecule has 0 radical (unpaired) electrons. The van der Waals surface area contributed by atoms with Gasteiger partial charge in [0.05, 0.1) is 36.2 Å². The van der Waals surface area contributed by atoms with Gasteiger partial charge in [0.15, 0.2) is 0 Å². The molecule has 0 saturated carbocycles. The van der Waals surface area contributed by atoms with E-state index in [-0.39, 0.29) is 17.4 Å². The molecular weight excluding hydrogens is 374 g/mol. The van der Waals surface area contributed by atoms with Crippen LogP contribution in [0.2, 0.25) is 0 Å². The lowest BCUT2D eigenvalue weighted by atomic mass is 9.66. The molecule has 3 atom stereocenters. The molecule has 2 heterocycles. The Balaban J connectivity index is 1.54. The number of allylic oxidation sites excluding steroid dienone is 4. The zero-order valence-electron chi connectivity index (χ0n) is 17.2. The van der Waals surface area contributed by atoms with E-state index in [9.17, 15) is 4.79 Å². The Kier molecular flexibility index (Phi) is 5.82. The van der Waals surface area contributed by atoms with Gasteiger partial charge in [-0.25, -0.2) is 4.98 Å². The summed E-state index contributed by atoms with van der Waals surface area (Å²) in [5.74, 6) is 0.445. The molecule has 2 N–H and O–H groups in total. The Bertz CT molecular complexity index is 970. The first-order valence-electron chi connectivity index (χ1n) is 10.4. The SMILES string of the molecule is CC1C=CC=CC1(Cc1ccc(C#N)cc1)CC1NCCN(Cc2cnc[nH]2)C1=O. The van der Waals surface area contributed by atoms with Gasteiger partial charge in [0.2, 0.25) is 5.91 Å². The monoisotopic (exact) mass is 401 g/mol. The number of nitrogens with zero attached hydrogens (tertiary/aromatic N) is 3. The Morgan fingerprint density at radius 3 is 2.83 bits per heavy atom. The van der Waals surface area contributed by atoms with Crippen LogP contribution in [0.25, 0.3) is 0 Å². The molecule has 0 spiro atoms. The Hall–Kier alpha value is -3.17. The van der Waals surface area contributed by atoms with E-state index in [1.807, 2.05) is 29.2 Å². The third-order valence-electron chi connectivity index (χ3n) is 6.34. The van der Waals surface area contributed by atoms with Crippen LogP contribution in [-0.2, 0) is 17.8 Å². The number of imidazole rings is 1. The van der Waals surface area contributed by atoms with E-state index in [4.69, 9.17) is 5.26 Å². The van der Waals surface area contributed by atoms with Crippen LogP contribution in [0.4, 0.5) is 0 Å². The van der Waals surface area contributed by atoms with Crippen molar-refractivity contribution in [3.63, 3.8) is 0 Å². The molecule has 1 saturated heterocycles. The average Bonchev–Trinajstić information content (AvgIpc) is 3.27. The normalized spacial score (nSPS) is 26.0. The molecule has 154 valence electrons. The van der Waals surface area contributed by atoms with Crippen LogP contribution < -0.4 is 5.32 Å². The van der Waals surface area contributed by atoms with E-state index in [0.29, 0.717) is 24.6 Å². The summed E-state index contributed by atoms with van der Waals surface area (Å²) in [4.78, 5) is 22.3. The van der Waals surface area contributed by atoms with Gasteiger partial charge in [0.1, 0.15) is 0 Å². The van der Waals surface area contributed by atoms with Crippen molar-refractivity contribution in [1.29, 1.82) is 5.26 Å². The molecule has 1 amide bonds. The summed E-state index contributed by atoms with van der Waals surface area (Å²) in [6, 6.07) is 9.74. The minimum atomic E-state index is -0.223. The summed E-state index contributed by atoms with van der Waals surface area (Å²) < 4.78 is 0. The molecular formula is C24H27N5O. The number of hydrogen-bond donors (Lipinski definition) is 2. The maximum atomic E-state index is 13.3. The van der Waals surface area contributed by atoms with Crippen molar-refractivity contribution in [3.05, 3.63) is 77.9 Å². The molecule has 30 heavy (non-hydrogen) atoms. The van der Waals surface area contributed by atoms with E-state index in [2.05, 4.69) is 52.6 Å². The molecule has 1 aromatic carbocycles. The Morgan fingerprint density at radius 1 is 1.30 bits per heavy atom. The van der Waals surface area contributed by atoms with Crippen LogP contribution >= 0.6 is 0 Å². The van der Waals surface area contributed by atoms with Gasteiger partial charge in [-0.05, 0) is 36.5 Å². The van der Waals surface area contributed by atoms with Gasteiger partial charge in [-0.1, -0.05) is 43.4 Å². The largest absolute Gasteiger partial charge is 0.347 e. The second kappa shape index (κ2) is 8.68. The van der Waals surface area contributed by atoms with Crippen molar-refractivity contribution in [1.82, 2.24) is 20.2 Å². The molecule has 0 bridgehead atoms. The van der Waals surface area contributed by atoms with Crippen molar-refractivity contribution < 1.29 is 4.79 Å². The van der Waals surface area contributed by atoms with E-state index < -0.39 is 0 Å². The van der Waals surface area contributed by atoms with Gasteiger partial charge in [0.25, 0.3) is 0 Å². The lowest BCUT2D eigenvalue weighted by molar-refractivity contribution is -0.137. The third-order valence-corrected chi connectivity index (χ3v) is 6.34. The minimum Gasteiger partial charge on any atom is -0.347 e. The van der Waals surface area contributed by atoms with Crippen LogP contribution in [-0.4, -0.2) is 39.9 Å². The third kappa shape index (κ3) is 4.22. The van der Waals surface area contributed by atoms with Gasteiger partial charge in [-0.3, -0.25) is 4.79 Å². The summed E-state index contributed by atoms with van der Waals surface area (Å²) in [6.45, 7) is 4.26. The van der Waals surface area contributed by atoms with Gasteiger partial charge in [0, 0.05) is 24.7 Å². The lowest BCUT2D eigenvalue weighted by Gasteiger charge is -2.42. The standard InChI is InChI=1S/C24H27N5O/c1-18-4-2-3-9-24(18,12-19-5-7-20(14-25)8-6-19)13-22-23(30)29(11-10-27-22)16-21-15-26-17-28-21/h2-9,15,17-18,22,27H,10-13,16H2,1H3,(H,26,28). The minimum absolute atomic E-state index is 0.144. The molecule has 1 aliphatic heterocycles. The molecule has 1 aliphatic carbocycles. The number of hydrogen-bond acceptors (Lipinski definition) is 4. The number of piperazine rings is 1. The van der Waals surface area contributed by atoms with Crippen molar-refractivity contribution in [2.75, 3.05) is 13.1 Å². The van der Waals surface area contributed by atoms with Gasteiger partial charge < -0.3 is 15.2 Å². The number of carbonyl (C=O) groups excluding carboxylic acids is 1. The van der Waals surface area contributed by atoms with Crippen LogP contribution in [0.15, 0.2) is 61.1 Å². The lowest BCUT2D eigenvalue weighted by Crippen LogP contribution is -2.56. The first-order valence-corrected chi connectivity index (χ1v) is 10.4. The maximum absolute atomic E-state index is 13.3. The van der Waals surface area contributed by atoms with E-state index in [1.165, 1.54) is 5.56 Å². The molecule has 6 heteroatoms. The smallest absolute Gasteiger partial charge is 0.240 e. The summed E-state index contributed by atoms with van der Waals surface area (Å²) in [7, 11) is 0. The molecule has 2 aliphatic rings. The fourth-order valence-corrected chi connectivity index (χ4v) is 4.51. The highest BCUT2D eigenvalue weighted by Crippen LogP contribution is 2.41. The number of nitrogens with one attached hydrogen (secondary N) is 2. The van der Waals surface area contributed by atoms with Crippen LogP contribution in [0.5, 0.6) is 0 Å². The van der Waals surface area contributed by atoms with Crippen LogP contribution in [0.3, 0.4) is 0 Å². The molecule has 3 unspecified atom stereocenters. The zero-order valence-corrected chi connectivity index (χ0v) is 17.2. The van der Waals surface area contributed by atoms with Crippen molar-refractivity contribution in [3.8, 4) is 6.07 Å². The Morgan fingerprint density at radius 2 is 2.13 bits per heavy atom. The number of benzene rings is 1. The predicted molar refractivity (Wildman–Crippen MR) is 115 cm³/mol. The van der Waals surface area contributed by atoms with Crippen molar-refractivity contribution >= 4 is 5.91 Å². The Labute approximate surface area is 177 Å². The zero-order chi connectivity index (χ0) is 21.0. The summed E-state index contributed by atoms with van der Waals surface area (Å²) in [6.07, 6.45) is 13.6. The number of rotatable bonds is 6. The molecule has 2 aromatic rings. The average molecular weight is 402 g/mol. The van der Waals surface area contributed by atoms with Crippen molar-refractivity contribution in [2.24, 2.45) is 11.3 Å². The number of amides is 1. The van der Waals surface area contributed by atoms with Crippen molar-refractivity contribution in [2.45, 2.75) is 32.4 Å². The first-order chi connectivity index (χ1) is 14.6. The van der Waals surface area contributed by atoms with Gasteiger partial charge in [-0.15, -0.1) is 0 Å². The molecule has 1 aromatic heterocycles. The van der Waals surface area contributed by atoms with Crippen LogP contribution in [0.1, 0.15) is 30.2 Å². The van der Waals surface area contributed by atoms with Gasteiger partial charge in [-0.2, -0.15) is 5.26 Å². The van der Waals surface area contributed by atoms with E-state index in [0.717, 1.165) is 25.1 Å².